The van der Waals surface area contributed by atoms with Crippen molar-refractivity contribution < 1.29 is 9.59 Å². The molecular formula is C28H28N2O2S. The molecule has 0 saturated carbocycles. The minimum Gasteiger partial charge on any atom is -0.350 e. The van der Waals surface area contributed by atoms with E-state index in [9.17, 15) is 9.59 Å². The standard InChI is InChI=1S/C28H28N2O2S/c1-19-8-7-11-22(16-19)17-26-28(32)30(3)24-18-23(14-15-25(24)33-26)27(31)29-20(2)12-13-21-9-5-4-6-10-21/h4-11,14-18,20H,12-13H2,1-3H3,(H,29,31). The first-order chi connectivity index (χ1) is 15.9. The summed E-state index contributed by atoms with van der Waals surface area (Å²) in [5, 5.41) is 3.09. The lowest BCUT2D eigenvalue weighted by atomic mass is 10.1. The normalized spacial score (nSPS) is 15.3. The van der Waals surface area contributed by atoms with E-state index in [-0.39, 0.29) is 17.9 Å². The van der Waals surface area contributed by atoms with Crippen LogP contribution in [0.3, 0.4) is 0 Å². The zero-order chi connectivity index (χ0) is 23.4. The molecule has 1 aliphatic heterocycles. The quantitative estimate of drug-likeness (QED) is 0.473. The second-order valence-electron chi connectivity index (χ2n) is 8.47. The maximum Gasteiger partial charge on any atom is 0.264 e. The molecule has 33 heavy (non-hydrogen) atoms. The molecule has 2 amide bonds. The SMILES string of the molecule is Cc1cccc(C=C2Sc3ccc(C(=O)NC(C)CCc4ccccc4)cc3N(C)C2=O)c1. The van der Waals surface area contributed by atoms with Crippen LogP contribution in [0.5, 0.6) is 0 Å². The summed E-state index contributed by atoms with van der Waals surface area (Å²) in [4.78, 5) is 29.1. The van der Waals surface area contributed by atoms with Crippen LogP contribution in [0.15, 0.2) is 82.6 Å². The van der Waals surface area contributed by atoms with Gasteiger partial charge in [-0.05, 0) is 62.1 Å². The Morgan fingerprint density at radius 3 is 2.61 bits per heavy atom. The lowest BCUT2D eigenvalue weighted by molar-refractivity contribution is -0.114. The monoisotopic (exact) mass is 456 g/mol. The fourth-order valence-electron chi connectivity index (χ4n) is 3.85. The highest BCUT2D eigenvalue weighted by atomic mass is 32.2. The Morgan fingerprint density at radius 2 is 1.85 bits per heavy atom. The Kier molecular flexibility index (Phi) is 6.99. The van der Waals surface area contributed by atoms with Gasteiger partial charge >= 0.3 is 0 Å². The van der Waals surface area contributed by atoms with Crippen molar-refractivity contribution in [2.24, 2.45) is 0 Å². The first-order valence-corrected chi connectivity index (χ1v) is 12.0. The van der Waals surface area contributed by atoms with Crippen molar-refractivity contribution in [3.05, 3.63) is 100.0 Å². The predicted octanol–water partition coefficient (Wildman–Crippen LogP) is 5.86. The molecule has 3 aromatic rings. The minimum atomic E-state index is -0.120. The molecule has 4 rings (SSSR count). The third kappa shape index (κ3) is 5.55. The molecule has 0 fully saturated rings. The van der Waals surface area contributed by atoms with E-state index in [1.165, 1.54) is 17.3 Å². The molecule has 1 atom stereocenters. The molecule has 0 spiro atoms. The van der Waals surface area contributed by atoms with Gasteiger partial charge in [0.05, 0.1) is 10.6 Å². The smallest absolute Gasteiger partial charge is 0.264 e. The zero-order valence-corrected chi connectivity index (χ0v) is 20.0. The molecular weight excluding hydrogens is 428 g/mol. The number of benzene rings is 3. The summed E-state index contributed by atoms with van der Waals surface area (Å²) in [7, 11) is 1.76. The maximum atomic E-state index is 13.0. The summed E-state index contributed by atoms with van der Waals surface area (Å²) in [6.07, 6.45) is 3.70. The van der Waals surface area contributed by atoms with Crippen LogP contribution in [0.1, 0.15) is 40.4 Å². The summed E-state index contributed by atoms with van der Waals surface area (Å²) >= 11 is 1.45. The lowest BCUT2D eigenvalue weighted by Crippen LogP contribution is -2.34. The third-order valence-electron chi connectivity index (χ3n) is 5.74. The molecule has 0 radical (unpaired) electrons. The lowest BCUT2D eigenvalue weighted by Gasteiger charge is -2.27. The number of anilines is 1. The van der Waals surface area contributed by atoms with E-state index in [4.69, 9.17) is 0 Å². The number of nitrogens with one attached hydrogen (secondary N) is 1. The molecule has 0 saturated heterocycles. The summed E-state index contributed by atoms with van der Waals surface area (Å²) in [6, 6.07) is 24.0. The Bertz CT molecular complexity index is 1200. The number of nitrogens with zero attached hydrogens (tertiary/aromatic N) is 1. The summed E-state index contributed by atoms with van der Waals surface area (Å²) in [5.74, 6) is -0.187. The highest BCUT2D eigenvalue weighted by Crippen LogP contribution is 2.42. The maximum absolute atomic E-state index is 13.0. The zero-order valence-electron chi connectivity index (χ0n) is 19.2. The molecule has 1 unspecified atom stereocenters. The molecule has 0 aliphatic carbocycles. The largest absolute Gasteiger partial charge is 0.350 e. The van der Waals surface area contributed by atoms with Crippen LogP contribution in [0.2, 0.25) is 0 Å². The van der Waals surface area contributed by atoms with Crippen molar-refractivity contribution in [1.82, 2.24) is 5.32 Å². The Morgan fingerprint density at radius 1 is 1.06 bits per heavy atom. The second-order valence-corrected chi connectivity index (χ2v) is 9.55. The number of aryl methyl sites for hydroxylation is 2. The van der Waals surface area contributed by atoms with Gasteiger partial charge in [-0.2, -0.15) is 0 Å². The van der Waals surface area contributed by atoms with E-state index in [2.05, 4.69) is 23.5 Å². The number of hydrogen-bond donors (Lipinski definition) is 1. The third-order valence-corrected chi connectivity index (χ3v) is 6.82. The highest BCUT2D eigenvalue weighted by Gasteiger charge is 2.27. The Hall–Kier alpha value is -3.31. The van der Waals surface area contributed by atoms with Gasteiger partial charge in [-0.15, -0.1) is 0 Å². The van der Waals surface area contributed by atoms with Gasteiger partial charge in [-0.25, -0.2) is 0 Å². The fourth-order valence-corrected chi connectivity index (χ4v) is 4.95. The number of hydrogen-bond acceptors (Lipinski definition) is 3. The van der Waals surface area contributed by atoms with Crippen LogP contribution in [-0.2, 0) is 11.2 Å². The van der Waals surface area contributed by atoms with Crippen molar-refractivity contribution in [3.63, 3.8) is 0 Å². The number of carbonyl (C=O) groups excluding carboxylic acids is 2. The molecule has 0 aromatic heterocycles. The molecule has 3 aromatic carbocycles. The number of rotatable bonds is 6. The van der Waals surface area contributed by atoms with Gasteiger partial charge < -0.3 is 10.2 Å². The number of amides is 2. The van der Waals surface area contributed by atoms with Crippen LogP contribution in [0, 0.1) is 6.92 Å². The first kappa shape index (κ1) is 22.9. The van der Waals surface area contributed by atoms with Crippen molar-refractivity contribution in [2.45, 2.75) is 37.6 Å². The van der Waals surface area contributed by atoms with Crippen LogP contribution in [0.4, 0.5) is 5.69 Å². The average Bonchev–Trinajstić information content (AvgIpc) is 2.81. The topological polar surface area (TPSA) is 49.4 Å². The van der Waals surface area contributed by atoms with Crippen LogP contribution in [-0.4, -0.2) is 24.9 Å². The highest BCUT2D eigenvalue weighted by molar-refractivity contribution is 8.04. The van der Waals surface area contributed by atoms with Crippen LogP contribution >= 0.6 is 11.8 Å². The molecule has 1 N–H and O–H groups in total. The van der Waals surface area contributed by atoms with E-state index >= 15 is 0 Å². The van der Waals surface area contributed by atoms with E-state index in [0.29, 0.717) is 10.5 Å². The van der Waals surface area contributed by atoms with E-state index in [0.717, 1.165) is 34.6 Å². The van der Waals surface area contributed by atoms with Crippen LogP contribution < -0.4 is 10.2 Å². The number of thioether (sulfide) groups is 1. The molecule has 1 aliphatic rings. The molecule has 0 bridgehead atoms. The van der Waals surface area contributed by atoms with Gasteiger partial charge in [0.15, 0.2) is 0 Å². The van der Waals surface area contributed by atoms with Gasteiger partial charge in [-0.3, -0.25) is 9.59 Å². The number of fused-ring (bicyclic) bond motifs is 1. The summed E-state index contributed by atoms with van der Waals surface area (Å²) in [5.41, 5.74) is 4.74. The van der Waals surface area contributed by atoms with Gasteiger partial charge in [0.25, 0.3) is 11.8 Å². The second kappa shape index (κ2) is 10.1. The summed E-state index contributed by atoms with van der Waals surface area (Å²) in [6.45, 7) is 4.06. The van der Waals surface area contributed by atoms with E-state index in [1.54, 1.807) is 11.9 Å². The predicted molar refractivity (Wildman–Crippen MR) is 137 cm³/mol. The molecule has 168 valence electrons. The first-order valence-electron chi connectivity index (χ1n) is 11.1. The van der Waals surface area contributed by atoms with E-state index < -0.39 is 0 Å². The molecule has 5 heteroatoms. The Labute approximate surface area is 199 Å². The fraction of sp³-hybridized carbons (Fsp3) is 0.214. The Balaban J connectivity index is 1.46. The average molecular weight is 457 g/mol. The van der Waals surface area contributed by atoms with Crippen LogP contribution in [0.25, 0.3) is 6.08 Å². The van der Waals surface area contributed by atoms with Crippen molar-refractivity contribution in [1.29, 1.82) is 0 Å². The van der Waals surface area contributed by atoms with Crippen molar-refractivity contribution >= 4 is 35.3 Å². The molecule has 4 nitrogen and oxygen atoms in total. The van der Waals surface area contributed by atoms with Gasteiger partial charge in [0.2, 0.25) is 0 Å². The van der Waals surface area contributed by atoms with Gasteiger partial charge in [-0.1, -0.05) is 71.9 Å². The molecule has 1 heterocycles. The van der Waals surface area contributed by atoms with Crippen molar-refractivity contribution in [3.8, 4) is 0 Å². The summed E-state index contributed by atoms with van der Waals surface area (Å²) < 4.78 is 0. The van der Waals surface area contributed by atoms with Gasteiger partial charge in [0.1, 0.15) is 0 Å². The van der Waals surface area contributed by atoms with E-state index in [1.807, 2.05) is 74.5 Å². The number of likely N-dealkylation sites (N-methyl/N-ethyl adjacent to an activating group) is 1. The minimum absolute atomic E-state index is 0.0475. The van der Waals surface area contributed by atoms with Gasteiger partial charge in [0, 0.05) is 23.5 Å². The number of carbonyl (C=O) groups is 2. The van der Waals surface area contributed by atoms with Crippen molar-refractivity contribution in [2.75, 3.05) is 11.9 Å².